The Morgan fingerprint density at radius 1 is 1.31 bits per heavy atom. The van der Waals surface area contributed by atoms with E-state index in [4.69, 9.17) is 26.1 Å². The SMILES string of the molecule is CCNC(=NCc1ccnn1C)NCC1(c2cc(Cl)ccc2OC)CCOCC1. The van der Waals surface area contributed by atoms with E-state index in [9.17, 15) is 0 Å². The molecule has 0 radical (unpaired) electrons. The highest BCUT2D eigenvalue weighted by molar-refractivity contribution is 6.30. The molecule has 1 aliphatic heterocycles. The van der Waals surface area contributed by atoms with Gasteiger partial charge in [-0.25, -0.2) is 4.99 Å². The van der Waals surface area contributed by atoms with Crippen LogP contribution in [0.15, 0.2) is 35.5 Å². The summed E-state index contributed by atoms with van der Waals surface area (Å²) in [5, 5.41) is 11.8. The quantitative estimate of drug-likeness (QED) is 0.533. The summed E-state index contributed by atoms with van der Waals surface area (Å²) in [5.74, 6) is 1.63. The molecule has 7 nitrogen and oxygen atoms in total. The van der Waals surface area contributed by atoms with E-state index in [2.05, 4.69) is 22.7 Å². The zero-order chi connectivity index (χ0) is 20.7. The smallest absolute Gasteiger partial charge is 0.191 e. The fourth-order valence-corrected chi connectivity index (χ4v) is 3.88. The minimum absolute atomic E-state index is 0.142. The second kappa shape index (κ2) is 9.98. The number of methoxy groups -OCH3 is 1. The van der Waals surface area contributed by atoms with Crippen molar-refractivity contribution < 1.29 is 9.47 Å². The van der Waals surface area contributed by atoms with Gasteiger partial charge in [0.2, 0.25) is 0 Å². The van der Waals surface area contributed by atoms with Crippen LogP contribution in [0.1, 0.15) is 31.0 Å². The number of nitrogens with zero attached hydrogens (tertiary/aromatic N) is 3. The molecule has 8 heteroatoms. The summed E-state index contributed by atoms with van der Waals surface area (Å²) in [5.41, 5.74) is 2.03. The third-order valence-electron chi connectivity index (χ3n) is 5.44. The highest BCUT2D eigenvalue weighted by Crippen LogP contribution is 2.40. The first kappa shape index (κ1) is 21.5. The lowest BCUT2D eigenvalue weighted by Crippen LogP contribution is -2.48. The molecule has 3 rings (SSSR count). The van der Waals surface area contributed by atoms with Crippen molar-refractivity contribution in [3.05, 3.63) is 46.7 Å². The van der Waals surface area contributed by atoms with Gasteiger partial charge in [0, 0.05) is 55.5 Å². The molecule has 2 N–H and O–H groups in total. The van der Waals surface area contributed by atoms with Crippen LogP contribution in [0.25, 0.3) is 0 Å². The molecule has 0 bridgehead atoms. The van der Waals surface area contributed by atoms with Crippen LogP contribution in [0.2, 0.25) is 5.02 Å². The third kappa shape index (κ3) is 5.22. The summed E-state index contributed by atoms with van der Waals surface area (Å²) >= 11 is 6.34. The topological polar surface area (TPSA) is 72.7 Å². The van der Waals surface area contributed by atoms with Gasteiger partial charge < -0.3 is 20.1 Å². The van der Waals surface area contributed by atoms with Crippen molar-refractivity contribution in [1.82, 2.24) is 20.4 Å². The highest BCUT2D eigenvalue weighted by Gasteiger charge is 2.37. The first-order valence-corrected chi connectivity index (χ1v) is 10.4. The van der Waals surface area contributed by atoms with Crippen LogP contribution >= 0.6 is 11.6 Å². The van der Waals surface area contributed by atoms with E-state index in [0.717, 1.165) is 42.4 Å². The van der Waals surface area contributed by atoms with Crippen LogP contribution in [-0.4, -0.2) is 49.2 Å². The molecule has 1 aromatic heterocycles. The Bertz CT molecular complexity index is 830. The number of hydrogen-bond acceptors (Lipinski definition) is 4. The Labute approximate surface area is 177 Å². The predicted molar refractivity (Wildman–Crippen MR) is 116 cm³/mol. The van der Waals surface area contributed by atoms with Crippen LogP contribution in [0.3, 0.4) is 0 Å². The number of rotatable bonds is 7. The van der Waals surface area contributed by atoms with E-state index >= 15 is 0 Å². The molecule has 0 saturated carbocycles. The number of ether oxygens (including phenoxy) is 2. The number of nitrogens with one attached hydrogen (secondary N) is 2. The zero-order valence-corrected chi connectivity index (χ0v) is 18.1. The Balaban J connectivity index is 1.82. The Kier molecular flexibility index (Phi) is 7.39. The summed E-state index contributed by atoms with van der Waals surface area (Å²) in [6.07, 6.45) is 3.56. The van der Waals surface area contributed by atoms with Crippen molar-refractivity contribution in [3.63, 3.8) is 0 Å². The van der Waals surface area contributed by atoms with E-state index in [1.807, 2.05) is 36.0 Å². The molecule has 158 valence electrons. The largest absolute Gasteiger partial charge is 0.496 e. The van der Waals surface area contributed by atoms with Gasteiger partial charge in [0.25, 0.3) is 0 Å². The van der Waals surface area contributed by atoms with Gasteiger partial charge in [0.15, 0.2) is 5.96 Å². The van der Waals surface area contributed by atoms with Gasteiger partial charge in [-0.15, -0.1) is 0 Å². The summed E-state index contributed by atoms with van der Waals surface area (Å²) in [7, 11) is 3.63. The second-order valence-corrected chi connectivity index (χ2v) is 7.67. The third-order valence-corrected chi connectivity index (χ3v) is 5.68. The van der Waals surface area contributed by atoms with Crippen LogP contribution in [0.5, 0.6) is 5.75 Å². The molecular formula is C21H30ClN5O2. The van der Waals surface area contributed by atoms with Gasteiger partial charge in [0.1, 0.15) is 5.75 Å². The number of hydrogen-bond donors (Lipinski definition) is 2. The van der Waals surface area contributed by atoms with Gasteiger partial charge >= 0.3 is 0 Å². The first-order chi connectivity index (χ1) is 14.1. The molecule has 0 spiro atoms. The molecule has 29 heavy (non-hydrogen) atoms. The zero-order valence-electron chi connectivity index (χ0n) is 17.4. The number of halogens is 1. The number of benzene rings is 1. The van der Waals surface area contributed by atoms with Crippen molar-refractivity contribution in [3.8, 4) is 5.75 Å². The summed E-state index contributed by atoms with van der Waals surface area (Å²) in [4.78, 5) is 4.73. The standard InChI is InChI=1S/C21H30ClN5O2/c1-4-23-20(24-14-17-7-10-26-27(17)2)25-15-21(8-11-29-12-9-21)18-13-16(22)5-6-19(18)28-3/h5-7,10,13H,4,8-9,11-12,14-15H2,1-3H3,(H2,23,24,25). The maximum Gasteiger partial charge on any atom is 0.191 e. The minimum Gasteiger partial charge on any atom is -0.496 e. The van der Waals surface area contributed by atoms with Gasteiger partial charge in [-0.05, 0) is 44.0 Å². The Morgan fingerprint density at radius 3 is 2.76 bits per heavy atom. The average Bonchev–Trinajstić information content (AvgIpc) is 3.15. The lowest BCUT2D eigenvalue weighted by atomic mass is 9.73. The van der Waals surface area contributed by atoms with Crippen molar-refractivity contribution >= 4 is 17.6 Å². The van der Waals surface area contributed by atoms with E-state index in [0.29, 0.717) is 31.3 Å². The molecule has 1 aromatic carbocycles. The van der Waals surface area contributed by atoms with Crippen LogP contribution in [0.4, 0.5) is 0 Å². The van der Waals surface area contributed by atoms with Crippen LogP contribution in [-0.2, 0) is 23.7 Å². The van der Waals surface area contributed by atoms with Gasteiger partial charge in [-0.2, -0.15) is 5.10 Å². The van der Waals surface area contributed by atoms with Gasteiger partial charge in [-0.1, -0.05) is 11.6 Å². The van der Waals surface area contributed by atoms with Crippen molar-refractivity contribution in [2.45, 2.75) is 31.7 Å². The summed E-state index contributed by atoms with van der Waals surface area (Å²) in [6, 6.07) is 7.80. The monoisotopic (exact) mass is 419 g/mol. The van der Waals surface area contributed by atoms with Crippen molar-refractivity contribution in [1.29, 1.82) is 0 Å². The molecule has 0 aliphatic carbocycles. The van der Waals surface area contributed by atoms with E-state index in [1.54, 1.807) is 13.3 Å². The molecule has 0 unspecified atom stereocenters. The lowest BCUT2D eigenvalue weighted by molar-refractivity contribution is 0.0505. The fourth-order valence-electron chi connectivity index (χ4n) is 3.71. The fraction of sp³-hybridized carbons (Fsp3) is 0.524. The average molecular weight is 420 g/mol. The maximum atomic E-state index is 6.34. The van der Waals surface area contributed by atoms with Crippen molar-refractivity contribution in [2.24, 2.45) is 12.0 Å². The number of aryl methyl sites for hydroxylation is 1. The van der Waals surface area contributed by atoms with Crippen LogP contribution < -0.4 is 15.4 Å². The Morgan fingerprint density at radius 2 is 2.10 bits per heavy atom. The molecule has 1 fully saturated rings. The van der Waals surface area contributed by atoms with Gasteiger partial charge in [0.05, 0.1) is 19.3 Å². The molecule has 2 aromatic rings. The highest BCUT2D eigenvalue weighted by atomic mass is 35.5. The van der Waals surface area contributed by atoms with Gasteiger partial charge in [-0.3, -0.25) is 4.68 Å². The van der Waals surface area contributed by atoms with Crippen LogP contribution in [0, 0.1) is 0 Å². The van der Waals surface area contributed by atoms with E-state index in [-0.39, 0.29) is 5.41 Å². The number of aliphatic imine (C=N–C) groups is 1. The summed E-state index contributed by atoms with van der Waals surface area (Å²) < 4.78 is 13.2. The molecule has 1 saturated heterocycles. The molecule has 0 amide bonds. The number of guanidine groups is 1. The van der Waals surface area contributed by atoms with E-state index in [1.165, 1.54) is 0 Å². The lowest BCUT2D eigenvalue weighted by Gasteiger charge is -2.39. The molecule has 2 heterocycles. The maximum absolute atomic E-state index is 6.34. The molecule has 1 aliphatic rings. The molecular weight excluding hydrogens is 390 g/mol. The molecule has 0 atom stereocenters. The predicted octanol–water partition coefficient (Wildman–Crippen LogP) is 2.89. The normalized spacial score (nSPS) is 16.5. The van der Waals surface area contributed by atoms with E-state index < -0.39 is 0 Å². The number of aromatic nitrogens is 2. The van der Waals surface area contributed by atoms with Crippen molar-refractivity contribution in [2.75, 3.05) is 33.4 Å². The first-order valence-electron chi connectivity index (χ1n) is 9.99. The minimum atomic E-state index is -0.142. The summed E-state index contributed by atoms with van der Waals surface area (Å²) in [6.45, 7) is 5.53. The second-order valence-electron chi connectivity index (χ2n) is 7.23. The Hall–Kier alpha value is -2.25.